The SMILES string of the molecule is CCC(=O)N1c2ccc(S(=O)(=O)NCCN3CCCCCC3)cc2CC1C. The highest BCUT2D eigenvalue weighted by Crippen LogP contribution is 2.34. The maximum atomic E-state index is 12.7. The molecule has 0 aromatic heterocycles. The Morgan fingerprint density at radius 3 is 2.56 bits per heavy atom. The third kappa shape index (κ3) is 4.70. The largest absolute Gasteiger partial charge is 0.309 e. The quantitative estimate of drug-likeness (QED) is 0.806. The number of hydrogen-bond acceptors (Lipinski definition) is 4. The van der Waals surface area contributed by atoms with Gasteiger partial charge in [0.2, 0.25) is 15.9 Å². The van der Waals surface area contributed by atoms with E-state index in [1.54, 1.807) is 23.1 Å². The standard InChI is InChI=1S/C20H31N3O3S/c1-3-20(24)23-16(2)14-17-15-18(8-9-19(17)23)27(25,26)21-10-13-22-11-6-4-5-7-12-22/h8-9,15-16,21H,3-7,10-14H2,1-2H3. The predicted molar refractivity (Wildman–Crippen MR) is 107 cm³/mol. The van der Waals surface area contributed by atoms with Crippen molar-refractivity contribution in [1.82, 2.24) is 9.62 Å². The van der Waals surface area contributed by atoms with E-state index in [1.807, 2.05) is 13.8 Å². The third-order valence-electron chi connectivity index (χ3n) is 5.57. The third-order valence-corrected chi connectivity index (χ3v) is 7.03. The fourth-order valence-corrected chi connectivity index (χ4v) is 5.18. The van der Waals surface area contributed by atoms with Gasteiger partial charge in [-0.3, -0.25) is 4.79 Å². The molecular weight excluding hydrogens is 362 g/mol. The molecule has 1 N–H and O–H groups in total. The summed E-state index contributed by atoms with van der Waals surface area (Å²) in [6.45, 7) is 7.14. The number of fused-ring (bicyclic) bond motifs is 1. The molecule has 1 fully saturated rings. The Labute approximate surface area is 163 Å². The van der Waals surface area contributed by atoms with Gasteiger partial charge in [-0.15, -0.1) is 0 Å². The number of amides is 1. The molecule has 2 aliphatic rings. The molecule has 1 aromatic carbocycles. The van der Waals surface area contributed by atoms with Crippen LogP contribution in [0.5, 0.6) is 0 Å². The summed E-state index contributed by atoms with van der Waals surface area (Å²) in [7, 11) is -3.53. The molecular formula is C20H31N3O3S. The lowest BCUT2D eigenvalue weighted by molar-refractivity contribution is -0.118. The Bertz CT molecular complexity index is 771. The number of nitrogens with one attached hydrogen (secondary N) is 1. The number of benzene rings is 1. The summed E-state index contributed by atoms with van der Waals surface area (Å²) < 4.78 is 28.1. The van der Waals surface area contributed by atoms with E-state index in [2.05, 4.69) is 9.62 Å². The average Bonchev–Trinajstić information content (AvgIpc) is 2.80. The molecule has 27 heavy (non-hydrogen) atoms. The summed E-state index contributed by atoms with van der Waals surface area (Å²) in [6.07, 6.45) is 6.08. The molecule has 1 aromatic rings. The minimum Gasteiger partial charge on any atom is -0.309 e. The highest BCUT2D eigenvalue weighted by atomic mass is 32.2. The van der Waals surface area contributed by atoms with E-state index in [0.717, 1.165) is 30.9 Å². The first-order valence-corrected chi connectivity index (χ1v) is 11.6. The normalized spacial score (nSPS) is 21.1. The van der Waals surface area contributed by atoms with Crippen LogP contribution in [0, 0.1) is 0 Å². The van der Waals surface area contributed by atoms with E-state index in [0.29, 0.717) is 19.4 Å². The molecule has 2 heterocycles. The van der Waals surface area contributed by atoms with Crippen molar-refractivity contribution in [2.75, 3.05) is 31.1 Å². The summed E-state index contributed by atoms with van der Waals surface area (Å²) in [5, 5.41) is 0. The van der Waals surface area contributed by atoms with Gasteiger partial charge in [0.1, 0.15) is 0 Å². The first-order chi connectivity index (χ1) is 12.9. The Morgan fingerprint density at radius 1 is 1.19 bits per heavy atom. The molecule has 1 saturated heterocycles. The van der Waals surface area contributed by atoms with Crippen molar-refractivity contribution in [2.45, 2.75) is 63.3 Å². The molecule has 2 aliphatic heterocycles. The van der Waals surface area contributed by atoms with Crippen LogP contribution in [0.25, 0.3) is 0 Å². The van der Waals surface area contributed by atoms with Gasteiger partial charge in [0, 0.05) is 31.2 Å². The zero-order chi connectivity index (χ0) is 19.4. The van der Waals surface area contributed by atoms with E-state index >= 15 is 0 Å². The predicted octanol–water partition coefficient (Wildman–Crippen LogP) is 2.53. The smallest absolute Gasteiger partial charge is 0.240 e. The second-order valence-corrected chi connectivity index (χ2v) is 9.38. The van der Waals surface area contributed by atoms with Crippen LogP contribution in [0.4, 0.5) is 5.69 Å². The molecule has 1 atom stereocenters. The van der Waals surface area contributed by atoms with Crippen molar-refractivity contribution >= 4 is 21.6 Å². The van der Waals surface area contributed by atoms with Gasteiger partial charge in [-0.25, -0.2) is 13.1 Å². The molecule has 1 unspecified atom stereocenters. The fourth-order valence-electron chi connectivity index (χ4n) is 4.11. The first kappa shape index (κ1) is 20.3. The highest BCUT2D eigenvalue weighted by molar-refractivity contribution is 7.89. The number of likely N-dealkylation sites (tertiary alicyclic amines) is 1. The molecule has 1 amide bonds. The number of hydrogen-bond donors (Lipinski definition) is 1. The molecule has 0 bridgehead atoms. The van der Waals surface area contributed by atoms with E-state index in [-0.39, 0.29) is 16.8 Å². The molecule has 7 heteroatoms. The van der Waals surface area contributed by atoms with Crippen LogP contribution in [-0.2, 0) is 21.2 Å². The van der Waals surface area contributed by atoms with Crippen LogP contribution < -0.4 is 9.62 Å². The molecule has 6 nitrogen and oxygen atoms in total. The Balaban J connectivity index is 1.65. The lowest BCUT2D eigenvalue weighted by Crippen LogP contribution is -2.35. The molecule has 3 rings (SSSR count). The van der Waals surface area contributed by atoms with Crippen LogP contribution in [0.1, 0.15) is 51.5 Å². The van der Waals surface area contributed by atoms with Gasteiger partial charge in [0.25, 0.3) is 0 Å². The van der Waals surface area contributed by atoms with Crippen LogP contribution >= 0.6 is 0 Å². The maximum absolute atomic E-state index is 12.7. The number of sulfonamides is 1. The van der Waals surface area contributed by atoms with Gasteiger partial charge in [-0.05, 0) is 63.0 Å². The summed E-state index contributed by atoms with van der Waals surface area (Å²) >= 11 is 0. The van der Waals surface area contributed by atoms with Gasteiger partial charge in [-0.2, -0.15) is 0 Å². The number of anilines is 1. The van der Waals surface area contributed by atoms with Crippen LogP contribution in [0.3, 0.4) is 0 Å². The summed E-state index contributed by atoms with van der Waals surface area (Å²) in [4.78, 5) is 16.6. The fraction of sp³-hybridized carbons (Fsp3) is 0.650. The summed E-state index contributed by atoms with van der Waals surface area (Å²) in [5.41, 5.74) is 1.78. The lowest BCUT2D eigenvalue weighted by Gasteiger charge is -2.22. The number of carbonyl (C=O) groups excluding carboxylic acids is 1. The van der Waals surface area contributed by atoms with Gasteiger partial charge >= 0.3 is 0 Å². The summed E-state index contributed by atoms with van der Waals surface area (Å²) in [5.74, 6) is 0.0763. The Morgan fingerprint density at radius 2 is 1.89 bits per heavy atom. The van der Waals surface area contributed by atoms with Crippen LogP contribution in [-0.4, -0.2) is 51.4 Å². The van der Waals surface area contributed by atoms with Gasteiger partial charge in [-0.1, -0.05) is 19.8 Å². The van der Waals surface area contributed by atoms with Crippen molar-refractivity contribution < 1.29 is 13.2 Å². The van der Waals surface area contributed by atoms with Crippen molar-refractivity contribution in [2.24, 2.45) is 0 Å². The van der Waals surface area contributed by atoms with E-state index in [1.165, 1.54) is 25.7 Å². The zero-order valence-corrected chi connectivity index (χ0v) is 17.2. The Hall–Kier alpha value is -1.44. The monoisotopic (exact) mass is 393 g/mol. The van der Waals surface area contributed by atoms with Gasteiger partial charge in [0.15, 0.2) is 0 Å². The molecule has 0 aliphatic carbocycles. The maximum Gasteiger partial charge on any atom is 0.240 e. The average molecular weight is 394 g/mol. The molecule has 0 radical (unpaired) electrons. The van der Waals surface area contributed by atoms with Crippen molar-refractivity contribution in [3.63, 3.8) is 0 Å². The second-order valence-electron chi connectivity index (χ2n) is 7.61. The number of rotatable bonds is 6. The van der Waals surface area contributed by atoms with Gasteiger partial charge in [0.05, 0.1) is 4.90 Å². The number of carbonyl (C=O) groups is 1. The minimum absolute atomic E-state index is 0.0707. The van der Waals surface area contributed by atoms with E-state index in [4.69, 9.17) is 0 Å². The molecule has 150 valence electrons. The second kappa shape index (κ2) is 8.71. The Kier molecular flexibility index (Phi) is 6.55. The van der Waals surface area contributed by atoms with Crippen molar-refractivity contribution in [1.29, 1.82) is 0 Å². The van der Waals surface area contributed by atoms with Crippen molar-refractivity contribution in [3.05, 3.63) is 23.8 Å². The zero-order valence-electron chi connectivity index (χ0n) is 16.4. The molecule has 0 spiro atoms. The highest BCUT2D eigenvalue weighted by Gasteiger charge is 2.31. The lowest BCUT2D eigenvalue weighted by atomic mass is 10.1. The minimum atomic E-state index is -3.53. The topological polar surface area (TPSA) is 69.7 Å². The summed E-state index contributed by atoms with van der Waals surface area (Å²) in [6, 6.07) is 5.18. The first-order valence-electron chi connectivity index (χ1n) is 10.1. The molecule has 0 saturated carbocycles. The van der Waals surface area contributed by atoms with Crippen LogP contribution in [0.2, 0.25) is 0 Å². The van der Waals surface area contributed by atoms with E-state index < -0.39 is 10.0 Å². The van der Waals surface area contributed by atoms with Gasteiger partial charge < -0.3 is 9.80 Å². The van der Waals surface area contributed by atoms with Crippen molar-refractivity contribution in [3.8, 4) is 0 Å². The number of nitrogens with zero attached hydrogens (tertiary/aromatic N) is 2. The van der Waals surface area contributed by atoms with Crippen LogP contribution in [0.15, 0.2) is 23.1 Å². The van der Waals surface area contributed by atoms with E-state index in [9.17, 15) is 13.2 Å².